The second-order valence-corrected chi connectivity index (χ2v) is 6.22. The van der Waals surface area contributed by atoms with Gasteiger partial charge in [0.1, 0.15) is 22.5 Å². The number of phenolic OH excluding ortho intramolecular Hbond substituents is 3. The molecule has 1 heterocycles. The van der Waals surface area contributed by atoms with Crippen molar-refractivity contribution in [1.82, 2.24) is 15.0 Å². The molecule has 1 aromatic heterocycles. The number of fused-ring (bicyclic) bond motifs is 1. The first-order chi connectivity index (χ1) is 10.3. The van der Waals surface area contributed by atoms with Crippen LogP contribution in [-0.2, 0) is 5.41 Å². The highest BCUT2D eigenvalue weighted by Gasteiger charge is 2.27. The van der Waals surface area contributed by atoms with Crippen molar-refractivity contribution in [3.63, 3.8) is 0 Å². The lowest BCUT2D eigenvalue weighted by atomic mass is 9.85. The Labute approximate surface area is 127 Å². The van der Waals surface area contributed by atoms with Crippen molar-refractivity contribution in [3.8, 4) is 22.9 Å². The van der Waals surface area contributed by atoms with Crippen LogP contribution >= 0.6 is 0 Å². The standard InChI is InChI=1S/C16H17N3O3/c1-16(2,3)13-12(20)8-11(14(21)15(13)22)19-17-9-6-4-5-7-10(9)18-19/h4-8,20-22H,1-3H3. The molecule has 22 heavy (non-hydrogen) atoms. The van der Waals surface area contributed by atoms with Crippen LogP contribution in [0.2, 0.25) is 0 Å². The minimum atomic E-state index is -0.521. The number of benzene rings is 2. The molecule has 6 nitrogen and oxygen atoms in total. The molecule has 0 radical (unpaired) electrons. The predicted octanol–water partition coefficient (Wildman–Crippen LogP) is 2.83. The van der Waals surface area contributed by atoms with Gasteiger partial charge in [0.25, 0.3) is 0 Å². The van der Waals surface area contributed by atoms with E-state index in [2.05, 4.69) is 10.2 Å². The third kappa shape index (κ3) is 2.13. The topological polar surface area (TPSA) is 91.4 Å². The van der Waals surface area contributed by atoms with Crippen LogP contribution in [0.3, 0.4) is 0 Å². The van der Waals surface area contributed by atoms with E-state index >= 15 is 0 Å². The molecule has 2 aromatic carbocycles. The van der Waals surface area contributed by atoms with Gasteiger partial charge in [0.05, 0.1) is 0 Å². The average Bonchev–Trinajstić information content (AvgIpc) is 2.85. The maximum absolute atomic E-state index is 10.3. The monoisotopic (exact) mass is 299 g/mol. The number of nitrogens with zero attached hydrogens (tertiary/aromatic N) is 3. The first-order valence-corrected chi connectivity index (χ1v) is 6.90. The Bertz CT molecular complexity index is 830. The number of hydrogen-bond donors (Lipinski definition) is 3. The van der Waals surface area contributed by atoms with Gasteiger partial charge in [0.15, 0.2) is 11.5 Å². The fraction of sp³-hybridized carbons (Fsp3) is 0.250. The number of rotatable bonds is 1. The minimum Gasteiger partial charge on any atom is -0.507 e. The smallest absolute Gasteiger partial charge is 0.186 e. The predicted molar refractivity (Wildman–Crippen MR) is 82.6 cm³/mol. The van der Waals surface area contributed by atoms with Crippen LogP contribution in [0.15, 0.2) is 30.3 Å². The van der Waals surface area contributed by atoms with E-state index in [1.165, 1.54) is 10.9 Å². The first kappa shape index (κ1) is 14.2. The summed E-state index contributed by atoms with van der Waals surface area (Å²) in [6.07, 6.45) is 0. The summed E-state index contributed by atoms with van der Waals surface area (Å²) in [7, 11) is 0. The van der Waals surface area contributed by atoms with Crippen molar-refractivity contribution < 1.29 is 15.3 Å². The van der Waals surface area contributed by atoms with Crippen molar-refractivity contribution in [2.45, 2.75) is 26.2 Å². The van der Waals surface area contributed by atoms with Crippen molar-refractivity contribution >= 4 is 11.0 Å². The van der Waals surface area contributed by atoms with Crippen molar-refractivity contribution in [1.29, 1.82) is 0 Å². The molecule has 3 aromatic rings. The SMILES string of the molecule is CC(C)(C)c1c(O)cc(-n2nc3ccccc3n2)c(O)c1O. The van der Waals surface area contributed by atoms with E-state index in [1.54, 1.807) is 12.1 Å². The summed E-state index contributed by atoms with van der Waals surface area (Å²) >= 11 is 0. The number of aromatic nitrogens is 3. The Morgan fingerprint density at radius 1 is 0.909 bits per heavy atom. The molecule has 0 aliphatic heterocycles. The molecular weight excluding hydrogens is 282 g/mol. The van der Waals surface area contributed by atoms with Gasteiger partial charge in [0, 0.05) is 11.6 Å². The third-order valence-corrected chi connectivity index (χ3v) is 3.49. The van der Waals surface area contributed by atoms with E-state index in [-0.39, 0.29) is 28.5 Å². The van der Waals surface area contributed by atoms with Gasteiger partial charge in [-0.3, -0.25) is 0 Å². The Hall–Kier alpha value is -2.76. The molecule has 0 aliphatic rings. The molecule has 0 saturated carbocycles. The molecule has 0 saturated heterocycles. The molecule has 0 unspecified atom stereocenters. The fourth-order valence-electron chi connectivity index (χ4n) is 2.49. The van der Waals surface area contributed by atoms with Gasteiger partial charge < -0.3 is 15.3 Å². The van der Waals surface area contributed by atoms with Gasteiger partial charge in [0.2, 0.25) is 0 Å². The minimum absolute atomic E-state index is 0.112. The maximum Gasteiger partial charge on any atom is 0.186 e. The quantitative estimate of drug-likeness (QED) is 0.475. The summed E-state index contributed by atoms with van der Waals surface area (Å²) in [5.74, 6) is -0.828. The molecule has 0 amide bonds. The van der Waals surface area contributed by atoms with Crippen molar-refractivity contribution in [3.05, 3.63) is 35.9 Å². The molecular formula is C16H17N3O3. The average molecular weight is 299 g/mol. The van der Waals surface area contributed by atoms with E-state index in [9.17, 15) is 15.3 Å². The highest BCUT2D eigenvalue weighted by Crippen LogP contribution is 2.45. The molecule has 0 fully saturated rings. The summed E-state index contributed by atoms with van der Waals surface area (Å²) in [6.45, 7) is 5.50. The molecule has 3 N–H and O–H groups in total. The van der Waals surface area contributed by atoms with Crippen LogP contribution in [0.5, 0.6) is 17.2 Å². The maximum atomic E-state index is 10.3. The van der Waals surface area contributed by atoms with Crippen LogP contribution < -0.4 is 0 Å². The molecule has 0 bridgehead atoms. The molecule has 114 valence electrons. The lowest BCUT2D eigenvalue weighted by molar-refractivity contribution is 0.370. The number of aromatic hydroxyl groups is 3. The molecule has 0 atom stereocenters. The van der Waals surface area contributed by atoms with E-state index in [0.717, 1.165) is 0 Å². The van der Waals surface area contributed by atoms with E-state index in [0.29, 0.717) is 11.0 Å². The third-order valence-electron chi connectivity index (χ3n) is 3.49. The summed E-state index contributed by atoms with van der Waals surface area (Å²) in [5, 5.41) is 39.2. The highest BCUT2D eigenvalue weighted by molar-refractivity contribution is 5.74. The molecule has 0 spiro atoms. The van der Waals surface area contributed by atoms with Crippen molar-refractivity contribution in [2.75, 3.05) is 0 Å². The largest absolute Gasteiger partial charge is 0.507 e. The normalized spacial score (nSPS) is 12.0. The zero-order valence-corrected chi connectivity index (χ0v) is 12.6. The van der Waals surface area contributed by atoms with E-state index < -0.39 is 5.41 Å². The van der Waals surface area contributed by atoms with Gasteiger partial charge in [-0.2, -0.15) is 0 Å². The highest BCUT2D eigenvalue weighted by atomic mass is 16.3. The van der Waals surface area contributed by atoms with Crippen LogP contribution in [0.4, 0.5) is 0 Å². The lowest BCUT2D eigenvalue weighted by Gasteiger charge is -2.23. The molecule has 3 rings (SSSR count). The second-order valence-electron chi connectivity index (χ2n) is 6.22. The summed E-state index contributed by atoms with van der Waals surface area (Å²) in [4.78, 5) is 1.20. The van der Waals surface area contributed by atoms with Crippen LogP contribution in [0.25, 0.3) is 16.7 Å². The Morgan fingerprint density at radius 3 is 1.95 bits per heavy atom. The summed E-state index contributed by atoms with van der Waals surface area (Å²) in [6, 6.07) is 8.60. The fourth-order valence-corrected chi connectivity index (χ4v) is 2.49. The Kier molecular flexibility index (Phi) is 2.98. The van der Waals surface area contributed by atoms with Crippen LogP contribution in [0.1, 0.15) is 26.3 Å². The van der Waals surface area contributed by atoms with Gasteiger partial charge in [-0.15, -0.1) is 15.0 Å². The van der Waals surface area contributed by atoms with E-state index in [1.807, 2.05) is 32.9 Å². The van der Waals surface area contributed by atoms with E-state index in [4.69, 9.17) is 0 Å². The Morgan fingerprint density at radius 2 is 1.45 bits per heavy atom. The molecule has 0 aliphatic carbocycles. The van der Waals surface area contributed by atoms with Gasteiger partial charge in [-0.1, -0.05) is 32.9 Å². The zero-order valence-electron chi connectivity index (χ0n) is 12.6. The lowest BCUT2D eigenvalue weighted by Crippen LogP contribution is -2.12. The number of phenols is 3. The van der Waals surface area contributed by atoms with Crippen LogP contribution in [0, 0.1) is 0 Å². The Balaban J connectivity index is 2.24. The number of hydrogen-bond acceptors (Lipinski definition) is 5. The molecule has 6 heteroatoms. The van der Waals surface area contributed by atoms with Crippen LogP contribution in [-0.4, -0.2) is 30.3 Å². The van der Waals surface area contributed by atoms with Gasteiger partial charge >= 0.3 is 0 Å². The summed E-state index contributed by atoms with van der Waals surface area (Å²) in [5.41, 5.74) is 1.19. The second kappa shape index (κ2) is 4.62. The van der Waals surface area contributed by atoms with Crippen molar-refractivity contribution in [2.24, 2.45) is 0 Å². The summed E-state index contributed by atoms with van der Waals surface area (Å²) < 4.78 is 0. The first-order valence-electron chi connectivity index (χ1n) is 6.90. The zero-order chi connectivity index (χ0) is 16.1. The van der Waals surface area contributed by atoms with Gasteiger partial charge in [-0.05, 0) is 17.5 Å². The van der Waals surface area contributed by atoms with Gasteiger partial charge in [-0.25, -0.2) is 0 Å².